The predicted molar refractivity (Wildman–Crippen MR) is 77.9 cm³/mol. The lowest BCUT2D eigenvalue weighted by atomic mass is 9.80. The van der Waals surface area contributed by atoms with E-state index in [2.05, 4.69) is 10.3 Å². The molecule has 2 aliphatic rings. The average Bonchev–Trinajstić information content (AvgIpc) is 2.83. The Morgan fingerprint density at radius 1 is 1.24 bits per heavy atom. The van der Waals surface area contributed by atoms with Gasteiger partial charge >= 0.3 is 6.18 Å². The number of nitrogens with one attached hydrogen (secondary N) is 1. The van der Waals surface area contributed by atoms with Crippen molar-refractivity contribution >= 4 is 18.2 Å². The molecule has 0 aliphatic carbocycles. The normalized spacial score (nSPS) is 26.0. The summed E-state index contributed by atoms with van der Waals surface area (Å²) in [5, 5.41) is 3.40. The molecule has 0 aromatic carbocycles. The van der Waals surface area contributed by atoms with E-state index < -0.39 is 11.9 Å². The maximum absolute atomic E-state index is 12.7. The molecular weight excluding hydrogens is 303 g/mol. The Morgan fingerprint density at radius 2 is 2.05 bits per heavy atom. The van der Waals surface area contributed by atoms with Gasteiger partial charge in [0.25, 0.3) is 0 Å². The Bertz CT molecular complexity index is 487. The fourth-order valence-corrected chi connectivity index (χ4v) is 3.27. The molecule has 3 heterocycles. The fourth-order valence-electron chi connectivity index (χ4n) is 3.27. The molecule has 0 amide bonds. The molecule has 3 rings (SSSR count). The van der Waals surface area contributed by atoms with E-state index in [-0.39, 0.29) is 17.8 Å². The third-order valence-corrected chi connectivity index (χ3v) is 4.35. The zero-order chi connectivity index (χ0) is 14.2. The Hall–Kier alpha value is -1.01. The van der Waals surface area contributed by atoms with Gasteiger partial charge in [0.2, 0.25) is 0 Å². The first-order chi connectivity index (χ1) is 9.49. The monoisotopic (exact) mass is 321 g/mol. The first-order valence-electron chi connectivity index (χ1n) is 6.99. The first-order valence-corrected chi connectivity index (χ1v) is 6.99. The highest BCUT2D eigenvalue weighted by Gasteiger charge is 2.40. The maximum Gasteiger partial charge on any atom is 0.433 e. The van der Waals surface area contributed by atoms with E-state index in [9.17, 15) is 13.2 Å². The number of anilines is 1. The molecule has 1 N–H and O–H groups in total. The summed E-state index contributed by atoms with van der Waals surface area (Å²) < 4.78 is 38.1. The molecule has 0 saturated carbocycles. The minimum atomic E-state index is -4.38. The number of rotatable bonds is 1. The summed E-state index contributed by atoms with van der Waals surface area (Å²) in [6.07, 6.45) is -1.06. The van der Waals surface area contributed by atoms with Gasteiger partial charge in [-0.3, -0.25) is 0 Å². The van der Waals surface area contributed by atoms with Crippen LogP contribution in [0.3, 0.4) is 0 Å². The van der Waals surface area contributed by atoms with Gasteiger partial charge in [-0.25, -0.2) is 4.98 Å². The summed E-state index contributed by atoms with van der Waals surface area (Å²) in [7, 11) is 0. The molecule has 1 atom stereocenters. The lowest BCUT2D eigenvalue weighted by molar-refractivity contribution is -0.141. The molecule has 2 saturated heterocycles. The van der Waals surface area contributed by atoms with Gasteiger partial charge in [0.05, 0.1) is 0 Å². The zero-order valence-electron chi connectivity index (χ0n) is 11.6. The van der Waals surface area contributed by atoms with E-state index in [1.807, 2.05) is 4.90 Å². The molecule has 7 heteroatoms. The second-order valence-corrected chi connectivity index (χ2v) is 5.83. The van der Waals surface area contributed by atoms with Crippen molar-refractivity contribution < 1.29 is 13.2 Å². The Kier molecular flexibility index (Phi) is 4.68. The Morgan fingerprint density at radius 3 is 2.71 bits per heavy atom. The zero-order valence-corrected chi connectivity index (χ0v) is 12.4. The van der Waals surface area contributed by atoms with E-state index >= 15 is 0 Å². The van der Waals surface area contributed by atoms with Crippen molar-refractivity contribution in [1.29, 1.82) is 0 Å². The minimum absolute atomic E-state index is 0. The summed E-state index contributed by atoms with van der Waals surface area (Å²) in [5.74, 6) is 0.447. The molecule has 0 bridgehead atoms. The number of nitrogens with zero attached hydrogens (tertiary/aromatic N) is 2. The van der Waals surface area contributed by atoms with Crippen molar-refractivity contribution in [2.24, 2.45) is 5.41 Å². The SMILES string of the molecule is Cl.FC(F)(F)c1cccc(N2CCC3(CCCNC3)C2)n1. The summed E-state index contributed by atoms with van der Waals surface area (Å²) in [6, 6.07) is 4.14. The molecule has 118 valence electrons. The molecule has 0 radical (unpaired) electrons. The smallest absolute Gasteiger partial charge is 0.356 e. The third-order valence-electron chi connectivity index (χ3n) is 4.35. The lowest BCUT2D eigenvalue weighted by Gasteiger charge is -2.34. The number of hydrogen-bond acceptors (Lipinski definition) is 3. The van der Waals surface area contributed by atoms with Crippen LogP contribution in [0.15, 0.2) is 18.2 Å². The fraction of sp³-hybridized carbons (Fsp3) is 0.643. The maximum atomic E-state index is 12.7. The minimum Gasteiger partial charge on any atom is -0.356 e. The van der Waals surface area contributed by atoms with Crippen molar-refractivity contribution in [3.63, 3.8) is 0 Å². The number of halogens is 4. The van der Waals surface area contributed by atoms with Crippen LogP contribution in [-0.2, 0) is 6.18 Å². The van der Waals surface area contributed by atoms with Crippen LogP contribution < -0.4 is 10.2 Å². The van der Waals surface area contributed by atoms with Crippen LogP contribution in [0.1, 0.15) is 25.0 Å². The van der Waals surface area contributed by atoms with Gasteiger partial charge in [-0.1, -0.05) is 6.07 Å². The topological polar surface area (TPSA) is 28.2 Å². The molecule has 2 fully saturated rings. The Balaban J connectivity index is 0.00000161. The van der Waals surface area contributed by atoms with Crippen LogP contribution in [-0.4, -0.2) is 31.2 Å². The number of aromatic nitrogens is 1. The van der Waals surface area contributed by atoms with E-state index in [0.717, 1.165) is 51.5 Å². The Labute approximate surface area is 128 Å². The largest absolute Gasteiger partial charge is 0.433 e. The number of pyridine rings is 1. The summed E-state index contributed by atoms with van der Waals surface area (Å²) in [4.78, 5) is 5.77. The summed E-state index contributed by atoms with van der Waals surface area (Å²) >= 11 is 0. The highest BCUT2D eigenvalue weighted by Crippen LogP contribution is 2.38. The highest BCUT2D eigenvalue weighted by molar-refractivity contribution is 5.85. The van der Waals surface area contributed by atoms with Crippen LogP contribution in [0.25, 0.3) is 0 Å². The van der Waals surface area contributed by atoms with E-state index in [1.165, 1.54) is 6.07 Å². The second-order valence-electron chi connectivity index (χ2n) is 5.83. The van der Waals surface area contributed by atoms with Crippen LogP contribution in [0.4, 0.5) is 19.0 Å². The van der Waals surface area contributed by atoms with Crippen LogP contribution >= 0.6 is 12.4 Å². The highest BCUT2D eigenvalue weighted by atomic mass is 35.5. The van der Waals surface area contributed by atoms with Gasteiger partial charge in [-0.2, -0.15) is 13.2 Å². The molecule has 1 aromatic rings. The van der Waals surface area contributed by atoms with Crippen molar-refractivity contribution in [3.05, 3.63) is 23.9 Å². The molecule has 1 spiro atoms. The van der Waals surface area contributed by atoms with Gasteiger partial charge < -0.3 is 10.2 Å². The van der Waals surface area contributed by atoms with Gasteiger partial charge in [0.15, 0.2) is 0 Å². The average molecular weight is 322 g/mol. The van der Waals surface area contributed by atoms with Crippen LogP contribution in [0.5, 0.6) is 0 Å². The molecule has 3 nitrogen and oxygen atoms in total. The first kappa shape index (κ1) is 16.4. The van der Waals surface area contributed by atoms with E-state index in [1.54, 1.807) is 6.07 Å². The number of alkyl halides is 3. The molecule has 1 aromatic heterocycles. The van der Waals surface area contributed by atoms with Crippen molar-refractivity contribution in [2.45, 2.75) is 25.4 Å². The molecule has 1 unspecified atom stereocenters. The van der Waals surface area contributed by atoms with E-state index in [0.29, 0.717) is 5.82 Å². The van der Waals surface area contributed by atoms with Crippen molar-refractivity contribution in [2.75, 3.05) is 31.1 Å². The van der Waals surface area contributed by atoms with Crippen LogP contribution in [0, 0.1) is 5.41 Å². The van der Waals surface area contributed by atoms with Crippen molar-refractivity contribution in [1.82, 2.24) is 10.3 Å². The summed E-state index contributed by atoms with van der Waals surface area (Å²) in [5.41, 5.74) is -0.591. The predicted octanol–water partition coefficient (Wildman–Crippen LogP) is 3.10. The van der Waals surface area contributed by atoms with Gasteiger partial charge in [0.1, 0.15) is 11.5 Å². The number of hydrogen-bond donors (Lipinski definition) is 1. The molecule has 2 aliphatic heterocycles. The van der Waals surface area contributed by atoms with Crippen LogP contribution in [0.2, 0.25) is 0 Å². The van der Waals surface area contributed by atoms with Gasteiger partial charge in [-0.05, 0) is 37.9 Å². The van der Waals surface area contributed by atoms with Gasteiger partial charge in [-0.15, -0.1) is 12.4 Å². The lowest BCUT2D eigenvalue weighted by Crippen LogP contribution is -2.42. The number of piperidine rings is 1. The molecular formula is C14H19ClF3N3. The van der Waals surface area contributed by atoms with E-state index in [4.69, 9.17) is 0 Å². The standard InChI is InChI=1S/C14H18F3N3.ClH/c15-14(16,17)11-3-1-4-12(19-11)20-8-6-13(10-20)5-2-7-18-9-13;/h1,3-4,18H,2,5-10H2;1H. The second kappa shape index (κ2) is 6.01. The molecule has 21 heavy (non-hydrogen) atoms. The van der Waals surface area contributed by atoms with Crippen molar-refractivity contribution in [3.8, 4) is 0 Å². The summed E-state index contributed by atoms with van der Waals surface area (Å²) in [6.45, 7) is 3.59. The quantitative estimate of drug-likeness (QED) is 0.861. The third kappa shape index (κ3) is 3.43. The van der Waals surface area contributed by atoms with Gasteiger partial charge in [0, 0.05) is 25.0 Å².